The number of nitrogens with one attached hydrogen (secondary N) is 3. The molecule has 3 rings (SSSR count). The molecule has 1 heterocycles. The molecule has 2 aromatic rings. The van der Waals surface area contributed by atoms with Crippen LogP contribution in [0.4, 0.5) is 0 Å². The van der Waals surface area contributed by atoms with Gasteiger partial charge in [0.25, 0.3) is 5.91 Å². The molecule has 1 aliphatic rings. The molecule has 1 aromatic carbocycles. The molecule has 3 N–H and O–H groups in total. The molecule has 0 spiro atoms. The zero-order valence-corrected chi connectivity index (χ0v) is 11.6. The quantitative estimate of drug-likeness (QED) is 0.763. The number of aromatic amines is 2. The maximum atomic E-state index is 12.1. The lowest BCUT2D eigenvalue weighted by Gasteiger charge is -2.18. The molecular weight excluding hydrogens is 272 g/mol. The van der Waals surface area contributed by atoms with Crippen molar-refractivity contribution in [2.24, 2.45) is 5.92 Å². The molecule has 1 saturated carbocycles. The van der Waals surface area contributed by atoms with Gasteiger partial charge in [-0.1, -0.05) is 12.1 Å². The molecule has 1 amide bonds. The zero-order chi connectivity index (χ0) is 14.8. The SMILES string of the molecule is COc1ccc(C(NC(=O)c2n[nH]c(=O)[nH]2)C2CC2)cc1. The molecule has 1 aliphatic carbocycles. The highest BCUT2D eigenvalue weighted by atomic mass is 16.5. The molecule has 7 heteroatoms. The van der Waals surface area contributed by atoms with Gasteiger partial charge in [-0.3, -0.25) is 9.78 Å². The first-order valence-corrected chi connectivity index (χ1v) is 6.77. The average molecular weight is 288 g/mol. The molecule has 21 heavy (non-hydrogen) atoms. The van der Waals surface area contributed by atoms with Gasteiger partial charge in [-0.25, -0.2) is 9.89 Å². The van der Waals surface area contributed by atoms with Crippen molar-refractivity contribution in [3.05, 3.63) is 46.1 Å². The molecule has 0 aliphatic heterocycles. The van der Waals surface area contributed by atoms with E-state index in [1.807, 2.05) is 24.3 Å². The van der Waals surface area contributed by atoms with Crippen LogP contribution in [0.1, 0.15) is 35.1 Å². The van der Waals surface area contributed by atoms with Gasteiger partial charge in [0.2, 0.25) is 5.82 Å². The number of rotatable bonds is 5. The Labute approximate surface area is 120 Å². The second kappa shape index (κ2) is 5.43. The van der Waals surface area contributed by atoms with Crippen molar-refractivity contribution in [1.29, 1.82) is 0 Å². The molecule has 1 fully saturated rings. The molecule has 0 radical (unpaired) electrons. The second-order valence-corrected chi connectivity index (χ2v) is 5.09. The standard InChI is InChI=1S/C14H16N4O3/c1-21-10-6-4-9(5-7-10)11(8-2-3-8)15-13(19)12-16-14(20)18-17-12/h4-8,11H,2-3H2,1H3,(H,15,19)(H2,16,17,18,20). The Bertz CT molecular complexity index is 685. The van der Waals surface area contributed by atoms with Crippen LogP contribution in [0.15, 0.2) is 29.1 Å². The third-order valence-electron chi connectivity index (χ3n) is 3.57. The third-order valence-corrected chi connectivity index (χ3v) is 3.57. The van der Waals surface area contributed by atoms with Gasteiger partial charge in [-0.05, 0) is 36.5 Å². The average Bonchev–Trinajstić information content (AvgIpc) is 3.25. The monoisotopic (exact) mass is 288 g/mol. The fourth-order valence-electron chi connectivity index (χ4n) is 2.30. The first-order chi connectivity index (χ1) is 10.2. The highest BCUT2D eigenvalue weighted by Gasteiger charge is 2.34. The molecule has 0 saturated heterocycles. The summed E-state index contributed by atoms with van der Waals surface area (Å²) in [5.41, 5.74) is 0.525. The fraction of sp³-hybridized carbons (Fsp3) is 0.357. The van der Waals surface area contributed by atoms with Crippen LogP contribution >= 0.6 is 0 Å². The summed E-state index contributed by atoms with van der Waals surface area (Å²) in [5, 5.41) is 8.76. The Morgan fingerprint density at radius 3 is 2.62 bits per heavy atom. The van der Waals surface area contributed by atoms with Gasteiger partial charge < -0.3 is 10.1 Å². The predicted molar refractivity (Wildman–Crippen MR) is 75.1 cm³/mol. The Morgan fingerprint density at radius 1 is 1.38 bits per heavy atom. The molecule has 1 atom stereocenters. The number of benzene rings is 1. The van der Waals surface area contributed by atoms with Crippen LogP contribution in [0.3, 0.4) is 0 Å². The molecule has 1 unspecified atom stereocenters. The van der Waals surface area contributed by atoms with E-state index in [-0.39, 0.29) is 17.8 Å². The van der Waals surface area contributed by atoms with Crippen molar-refractivity contribution in [3.8, 4) is 5.75 Å². The number of aromatic nitrogens is 3. The minimum absolute atomic E-state index is 0.000776. The number of ether oxygens (including phenoxy) is 1. The Morgan fingerprint density at radius 2 is 2.10 bits per heavy atom. The van der Waals surface area contributed by atoms with E-state index in [2.05, 4.69) is 20.5 Å². The molecule has 7 nitrogen and oxygen atoms in total. The highest BCUT2D eigenvalue weighted by molar-refractivity contribution is 5.90. The van der Waals surface area contributed by atoms with Crippen molar-refractivity contribution in [2.75, 3.05) is 7.11 Å². The molecule has 0 bridgehead atoms. The molecule has 110 valence electrons. The van der Waals surface area contributed by atoms with Crippen LogP contribution in [0, 0.1) is 5.92 Å². The van der Waals surface area contributed by atoms with Crippen LogP contribution < -0.4 is 15.7 Å². The third kappa shape index (κ3) is 2.96. The smallest absolute Gasteiger partial charge is 0.341 e. The number of methoxy groups -OCH3 is 1. The molecular formula is C14H16N4O3. The number of carbonyl (C=O) groups is 1. The Balaban J connectivity index is 1.78. The number of carbonyl (C=O) groups excluding carboxylic acids is 1. The maximum absolute atomic E-state index is 12.1. The van der Waals surface area contributed by atoms with Gasteiger partial charge in [0.1, 0.15) is 5.75 Å². The maximum Gasteiger partial charge on any atom is 0.341 e. The van der Waals surface area contributed by atoms with Gasteiger partial charge >= 0.3 is 5.69 Å². The van der Waals surface area contributed by atoms with Gasteiger partial charge in [-0.2, -0.15) is 0 Å². The van der Waals surface area contributed by atoms with E-state index >= 15 is 0 Å². The van der Waals surface area contributed by atoms with Crippen molar-refractivity contribution >= 4 is 5.91 Å². The Hall–Kier alpha value is -2.57. The summed E-state index contributed by atoms with van der Waals surface area (Å²) in [6.07, 6.45) is 2.15. The fourth-order valence-corrected chi connectivity index (χ4v) is 2.30. The first-order valence-electron chi connectivity index (χ1n) is 6.77. The summed E-state index contributed by atoms with van der Waals surface area (Å²) in [7, 11) is 1.61. The van der Waals surface area contributed by atoms with Crippen LogP contribution in [0.25, 0.3) is 0 Å². The van der Waals surface area contributed by atoms with E-state index < -0.39 is 5.69 Å². The second-order valence-electron chi connectivity index (χ2n) is 5.09. The van der Waals surface area contributed by atoms with Crippen LogP contribution in [-0.2, 0) is 0 Å². The Kier molecular flexibility index (Phi) is 3.47. The number of hydrogen-bond donors (Lipinski definition) is 3. The van der Waals surface area contributed by atoms with E-state index in [9.17, 15) is 9.59 Å². The lowest BCUT2D eigenvalue weighted by atomic mass is 10.0. The number of H-pyrrole nitrogens is 2. The zero-order valence-electron chi connectivity index (χ0n) is 11.6. The first kappa shape index (κ1) is 13.4. The minimum atomic E-state index is -0.493. The van der Waals surface area contributed by atoms with Gasteiger partial charge in [0.15, 0.2) is 0 Å². The van der Waals surface area contributed by atoms with Crippen molar-refractivity contribution < 1.29 is 9.53 Å². The summed E-state index contributed by atoms with van der Waals surface area (Å²) < 4.78 is 5.14. The van der Waals surface area contributed by atoms with E-state index in [4.69, 9.17) is 4.74 Å². The molecule has 1 aromatic heterocycles. The topological polar surface area (TPSA) is 99.9 Å². The van der Waals surface area contributed by atoms with Crippen molar-refractivity contribution in [2.45, 2.75) is 18.9 Å². The van der Waals surface area contributed by atoms with Gasteiger partial charge in [-0.15, -0.1) is 5.10 Å². The van der Waals surface area contributed by atoms with Crippen LogP contribution in [0.5, 0.6) is 5.75 Å². The van der Waals surface area contributed by atoms with Gasteiger partial charge in [0.05, 0.1) is 13.2 Å². The normalized spacial score (nSPS) is 15.5. The lowest BCUT2D eigenvalue weighted by Crippen LogP contribution is -2.31. The summed E-state index contributed by atoms with van der Waals surface area (Å²) >= 11 is 0. The van der Waals surface area contributed by atoms with E-state index in [0.717, 1.165) is 24.2 Å². The predicted octanol–water partition coefficient (Wildman–Crippen LogP) is 0.988. The summed E-state index contributed by atoms with van der Waals surface area (Å²) in [5.74, 6) is 0.810. The number of hydrogen-bond acceptors (Lipinski definition) is 4. The van der Waals surface area contributed by atoms with Crippen molar-refractivity contribution in [3.63, 3.8) is 0 Å². The van der Waals surface area contributed by atoms with Crippen LogP contribution in [-0.4, -0.2) is 28.2 Å². The summed E-state index contributed by atoms with van der Waals surface area (Å²) in [6.45, 7) is 0. The van der Waals surface area contributed by atoms with E-state index in [1.165, 1.54) is 0 Å². The lowest BCUT2D eigenvalue weighted by molar-refractivity contribution is 0.0921. The summed E-state index contributed by atoms with van der Waals surface area (Å²) in [6, 6.07) is 7.54. The van der Waals surface area contributed by atoms with Crippen LogP contribution in [0.2, 0.25) is 0 Å². The number of nitrogens with zero attached hydrogens (tertiary/aromatic N) is 1. The van der Waals surface area contributed by atoms with E-state index in [0.29, 0.717) is 5.92 Å². The summed E-state index contributed by atoms with van der Waals surface area (Å²) in [4.78, 5) is 25.5. The van der Waals surface area contributed by atoms with E-state index in [1.54, 1.807) is 7.11 Å². The highest BCUT2D eigenvalue weighted by Crippen LogP contribution is 2.41. The largest absolute Gasteiger partial charge is 0.497 e. The van der Waals surface area contributed by atoms with Crippen molar-refractivity contribution in [1.82, 2.24) is 20.5 Å². The van der Waals surface area contributed by atoms with Gasteiger partial charge in [0, 0.05) is 0 Å². The minimum Gasteiger partial charge on any atom is -0.497 e. The number of amides is 1.